The highest BCUT2D eigenvalue weighted by molar-refractivity contribution is 6.10. The van der Waals surface area contributed by atoms with E-state index in [-0.39, 0.29) is 30.3 Å². The topological polar surface area (TPSA) is 102 Å². The quantitative estimate of drug-likeness (QED) is 0.384. The molecule has 9 nitrogen and oxygen atoms in total. The zero-order valence-corrected chi connectivity index (χ0v) is 24.2. The Morgan fingerprint density at radius 3 is 2.60 bits per heavy atom. The van der Waals surface area contributed by atoms with E-state index in [0.29, 0.717) is 52.8 Å². The zero-order valence-electron chi connectivity index (χ0n) is 24.2. The van der Waals surface area contributed by atoms with Crippen molar-refractivity contribution in [3.63, 3.8) is 0 Å². The summed E-state index contributed by atoms with van der Waals surface area (Å²) < 4.78 is 23.3. The van der Waals surface area contributed by atoms with Gasteiger partial charge in [0.05, 0.1) is 31.9 Å². The van der Waals surface area contributed by atoms with Gasteiger partial charge >= 0.3 is 0 Å². The van der Waals surface area contributed by atoms with Crippen LogP contribution in [0.15, 0.2) is 71.9 Å². The summed E-state index contributed by atoms with van der Waals surface area (Å²) in [7, 11) is 3.15. The number of nitrogens with zero attached hydrogens (tertiary/aromatic N) is 2. The first-order valence-electron chi connectivity index (χ1n) is 14.1. The smallest absolute Gasteiger partial charge is 0.259 e. The Kier molecular flexibility index (Phi) is 7.28. The van der Waals surface area contributed by atoms with Gasteiger partial charge in [-0.25, -0.2) is 5.01 Å². The normalized spacial score (nSPS) is 20.8. The van der Waals surface area contributed by atoms with E-state index in [0.717, 1.165) is 16.7 Å². The van der Waals surface area contributed by atoms with Crippen molar-refractivity contribution in [3.8, 4) is 28.7 Å². The number of hydrogen-bond acceptors (Lipinski definition) is 8. The number of phenols is 1. The predicted molar refractivity (Wildman–Crippen MR) is 159 cm³/mol. The number of amides is 1. The molecule has 0 aliphatic carbocycles. The third-order valence-corrected chi connectivity index (χ3v) is 8.25. The lowest BCUT2D eigenvalue weighted by Crippen LogP contribution is -2.49. The molecule has 0 aromatic heterocycles. The maximum absolute atomic E-state index is 13.9. The Hall–Kier alpha value is -4.50. The van der Waals surface area contributed by atoms with Crippen LogP contribution >= 0.6 is 0 Å². The molecule has 3 aliphatic rings. The molecule has 3 aliphatic heterocycles. The number of hydrogen-bond donors (Lipinski definition) is 2. The second kappa shape index (κ2) is 11.1. The highest BCUT2D eigenvalue weighted by Gasteiger charge is 2.48. The zero-order chi connectivity index (χ0) is 29.5. The number of ether oxygens (including phenoxy) is 4. The van der Waals surface area contributed by atoms with Crippen LogP contribution in [0.25, 0.3) is 0 Å². The van der Waals surface area contributed by atoms with Gasteiger partial charge in [0.15, 0.2) is 11.5 Å². The summed E-state index contributed by atoms with van der Waals surface area (Å²) in [5.74, 6) is 1.88. The highest BCUT2D eigenvalue weighted by atomic mass is 16.5. The van der Waals surface area contributed by atoms with Crippen LogP contribution in [0, 0.1) is 0 Å². The van der Waals surface area contributed by atoms with Crippen LogP contribution in [0.3, 0.4) is 0 Å². The summed E-state index contributed by atoms with van der Waals surface area (Å²) in [5.41, 5.74) is 4.62. The van der Waals surface area contributed by atoms with E-state index >= 15 is 0 Å². The molecule has 2 N–H and O–H groups in total. The lowest BCUT2D eigenvalue weighted by atomic mass is 9.82. The maximum atomic E-state index is 13.9. The number of hydrazone groups is 1. The lowest BCUT2D eigenvalue weighted by Gasteiger charge is -2.34. The summed E-state index contributed by atoms with van der Waals surface area (Å²) >= 11 is 0. The minimum absolute atomic E-state index is 0.104. The van der Waals surface area contributed by atoms with Gasteiger partial charge in [-0.2, -0.15) is 5.10 Å². The van der Waals surface area contributed by atoms with Crippen LogP contribution < -0.4 is 24.3 Å². The molecule has 9 heteroatoms. The van der Waals surface area contributed by atoms with Gasteiger partial charge in [0.25, 0.3) is 5.91 Å². The predicted octanol–water partition coefficient (Wildman–Crippen LogP) is 4.56. The Labute approximate surface area is 245 Å². The number of carbonyl (C=O) groups is 1. The molecule has 3 heterocycles. The van der Waals surface area contributed by atoms with Gasteiger partial charge in [-0.3, -0.25) is 4.79 Å². The monoisotopic (exact) mass is 569 g/mol. The van der Waals surface area contributed by atoms with E-state index in [4.69, 9.17) is 24.0 Å². The fraction of sp³-hybridized carbons (Fsp3) is 0.333. The molecular formula is C33H35N3O6. The molecule has 0 spiro atoms. The maximum Gasteiger partial charge on any atom is 0.259 e. The van der Waals surface area contributed by atoms with Crippen LogP contribution in [-0.2, 0) is 17.8 Å². The van der Waals surface area contributed by atoms with Crippen molar-refractivity contribution in [2.24, 2.45) is 5.10 Å². The Balaban J connectivity index is 1.39. The molecule has 6 rings (SSSR count). The van der Waals surface area contributed by atoms with Gasteiger partial charge < -0.3 is 29.4 Å². The SMILES string of the molecule is C=C(C)[C@H]1Cc2c(ccc(C3=NN(C(=O)C(C)NCc4ccccc4)C4COc5cc(OC)c(OC)cc5C34)c2O)O1. The molecule has 0 bridgehead atoms. The van der Waals surface area contributed by atoms with Gasteiger partial charge in [-0.1, -0.05) is 36.9 Å². The van der Waals surface area contributed by atoms with Gasteiger partial charge in [-0.15, -0.1) is 0 Å². The lowest BCUT2D eigenvalue weighted by molar-refractivity contribution is -0.135. The second-order valence-electron chi connectivity index (χ2n) is 11.0. The first-order chi connectivity index (χ1) is 20.3. The minimum atomic E-state index is -0.515. The summed E-state index contributed by atoms with van der Waals surface area (Å²) in [6, 6.07) is 16.3. The van der Waals surface area contributed by atoms with Crippen LogP contribution in [0.2, 0.25) is 0 Å². The van der Waals surface area contributed by atoms with Crippen LogP contribution in [0.4, 0.5) is 0 Å². The molecule has 1 amide bonds. The fourth-order valence-electron chi connectivity index (χ4n) is 5.89. The Morgan fingerprint density at radius 2 is 1.88 bits per heavy atom. The van der Waals surface area contributed by atoms with E-state index < -0.39 is 12.1 Å². The average Bonchev–Trinajstić information content (AvgIpc) is 3.63. The number of fused-ring (bicyclic) bond motifs is 4. The second-order valence-corrected chi connectivity index (χ2v) is 11.0. The number of aromatic hydroxyl groups is 1. The van der Waals surface area contributed by atoms with Crippen molar-refractivity contribution in [1.29, 1.82) is 0 Å². The van der Waals surface area contributed by atoms with E-state index in [1.54, 1.807) is 20.3 Å². The Morgan fingerprint density at radius 1 is 1.14 bits per heavy atom. The molecular weight excluding hydrogens is 534 g/mol. The van der Waals surface area contributed by atoms with E-state index in [2.05, 4.69) is 11.9 Å². The number of phenolic OH excluding ortho intramolecular Hbond substituents is 1. The van der Waals surface area contributed by atoms with Gasteiger partial charge in [-0.05, 0) is 43.2 Å². The molecule has 0 saturated carbocycles. The number of rotatable bonds is 8. The average molecular weight is 570 g/mol. The largest absolute Gasteiger partial charge is 0.507 e. The summed E-state index contributed by atoms with van der Waals surface area (Å²) in [5, 5.41) is 21.3. The third kappa shape index (κ3) is 4.73. The molecule has 42 heavy (non-hydrogen) atoms. The summed E-state index contributed by atoms with van der Waals surface area (Å²) in [4.78, 5) is 13.9. The van der Waals surface area contributed by atoms with E-state index in [9.17, 15) is 9.90 Å². The standard InChI is InChI=1S/C33H35N3O6/c1-18(2)26-14-23-25(42-26)12-11-21(32(23)37)31-30-22-13-28(39-4)29(40-5)15-27(22)41-17-24(30)36(35-31)33(38)19(3)34-16-20-9-7-6-8-10-20/h6-13,15,19,24,26,30,34,37H,1,14,16-17H2,2-5H3/t19?,24?,26-,30?/m1/s1. The van der Waals surface area contributed by atoms with Crippen LogP contribution in [0.1, 0.15) is 42.0 Å². The van der Waals surface area contributed by atoms with Gasteiger partial charge in [0.1, 0.15) is 36.0 Å². The van der Waals surface area contributed by atoms with Crippen LogP contribution in [-0.4, -0.2) is 60.7 Å². The molecule has 4 atom stereocenters. The number of carbonyl (C=O) groups excluding carboxylic acids is 1. The first kappa shape index (κ1) is 27.7. The number of nitrogens with one attached hydrogen (secondary N) is 1. The molecule has 3 aromatic rings. The Bertz CT molecular complexity index is 1570. The van der Waals surface area contributed by atoms with Crippen molar-refractivity contribution in [3.05, 3.63) is 89.0 Å². The van der Waals surface area contributed by atoms with Crippen LogP contribution in [0.5, 0.6) is 28.7 Å². The first-order valence-corrected chi connectivity index (χ1v) is 14.1. The van der Waals surface area contributed by atoms with Crippen molar-refractivity contribution in [1.82, 2.24) is 10.3 Å². The summed E-state index contributed by atoms with van der Waals surface area (Å²) in [6.07, 6.45) is 0.314. The minimum Gasteiger partial charge on any atom is -0.507 e. The van der Waals surface area contributed by atoms with Gasteiger partial charge in [0, 0.05) is 35.7 Å². The number of benzene rings is 3. The summed E-state index contributed by atoms with van der Waals surface area (Å²) in [6.45, 7) is 8.54. The van der Waals surface area contributed by atoms with Gasteiger partial charge in [0.2, 0.25) is 0 Å². The molecule has 0 saturated heterocycles. The molecule has 0 radical (unpaired) electrons. The van der Waals surface area contributed by atoms with Crippen molar-refractivity contribution >= 4 is 11.6 Å². The van der Waals surface area contributed by atoms with E-state index in [1.165, 1.54) is 5.01 Å². The molecule has 0 fully saturated rings. The highest BCUT2D eigenvalue weighted by Crippen LogP contribution is 2.49. The molecule has 3 unspecified atom stereocenters. The fourth-order valence-corrected chi connectivity index (χ4v) is 5.89. The van der Waals surface area contributed by atoms with Crippen molar-refractivity contribution in [2.75, 3.05) is 20.8 Å². The van der Waals surface area contributed by atoms with Crippen molar-refractivity contribution in [2.45, 2.75) is 50.9 Å². The third-order valence-electron chi connectivity index (χ3n) is 8.25. The van der Waals surface area contributed by atoms with Crippen molar-refractivity contribution < 1.29 is 28.8 Å². The van der Waals surface area contributed by atoms with E-state index in [1.807, 2.05) is 62.4 Å². The molecule has 3 aromatic carbocycles. The molecule has 218 valence electrons. The number of methoxy groups -OCH3 is 2.